The average molecular weight is 803 g/mol. The quantitative estimate of drug-likeness (QED) is 0.155. The van der Waals surface area contributed by atoms with Gasteiger partial charge >= 0.3 is 11.6 Å². The molecular formula is C38H37ClF2N10O6. The highest BCUT2D eigenvalue weighted by molar-refractivity contribution is 6.22. The number of benzene rings is 2. The van der Waals surface area contributed by atoms with Gasteiger partial charge in [0, 0.05) is 93.5 Å². The molecule has 3 N–H and O–H groups in total. The van der Waals surface area contributed by atoms with Gasteiger partial charge in [-0.25, -0.2) is 14.8 Å². The maximum absolute atomic E-state index is 13.3. The van der Waals surface area contributed by atoms with Crippen molar-refractivity contribution in [1.82, 2.24) is 40.3 Å². The molecule has 296 valence electrons. The number of H-pyrrole nitrogens is 1. The van der Waals surface area contributed by atoms with E-state index in [1.807, 2.05) is 12.1 Å². The molecule has 0 unspecified atom stereocenters. The second kappa shape index (κ2) is 15.5. The molecule has 0 spiro atoms. The van der Waals surface area contributed by atoms with E-state index in [1.165, 1.54) is 30.5 Å². The lowest BCUT2D eigenvalue weighted by molar-refractivity contribution is -0.122. The molecule has 0 bridgehead atoms. The van der Waals surface area contributed by atoms with E-state index in [9.17, 15) is 32.8 Å². The van der Waals surface area contributed by atoms with Gasteiger partial charge in [0.15, 0.2) is 0 Å². The third kappa shape index (κ3) is 8.14. The normalized spacial score (nSPS) is 18.5. The third-order valence-corrected chi connectivity index (χ3v) is 10.6. The van der Waals surface area contributed by atoms with E-state index in [2.05, 4.69) is 40.3 Å². The summed E-state index contributed by atoms with van der Waals surface area (Å²) in [6.07, 6.45) is 4.99. The predicted molar refractivity (Wildman–Crippen MR) is 202 cm³/mol. The number of imide groups is 2. The topological polar surface area (TPSA) is 176 Å². The van der Waals surface area contributed by atoms with Gasteiger partial charge in [0.05, 0.1) is 28.9 Å². The van der Waals surface area contributed by atoms with Crippen LogP contribution < -0.4 is 20.3 Å². The number of hydrogen-bond acceptors (Lipinski definition) is 11. The van der Waals surface area contributed by atoms with Gasteiger partial charge in [0.2, 0.25) is 5.91 Å². The molecule has 0 aliphatic carbocycles. The number of halogens is 3. The number of piperazine rings is 1. The lowest BCUT2D eigenvalue weighted by Gasteiger charge is -2.43. The molecule has 0 radical (unpaired) electrons. The van der Waals surface area contributed by atoms with Gasteiger partial charge in [-0.05, 0) is 66.9 Å². The molecule has 2 aromatic carbocycles. The van der Waals surface area contributed by atoms with E-state index in [1.54, 1.807) is 24.4 Å². The van der Waals surface area contributed by atoms with Gasteiger partial charge in [0.1, 0.15) is 11.6 Å². The Hall–Kier alpha value is -5.98. The Labute approximate surface area is 329 Å². The highest BCUT2D eigenvalue weighted by Crippen LogP contribution is 2.33. The van der Waals surface area contributed by atoms with Crippen molar-refractivity contribution in [1.29, 1.82) is 0 Å². The lowest BCUT2D eigenvalue weighted by Crippen LogP contribution is -2.58. The number of fused-ring (bicyclic) bond motifs is 1. The molecule has 19 heteroatoms. The lowest BCUT2D eigenvalue weighted by atomic mass is 10.0. The van der Waals surface area contributed by atoms with Crippen LogP contribution in [-0.4, -0.2) is 122 Å². The first-order valence-corrected chi connectivity index (χ1v) is 18.8. The summed E-state index contributed by atoms with van der Waals surface area (Å²) in [5.74, 6) is -1.47. The zero-order valence-electron chi connectivity index (χ0n) is 30.4. The molecular weight excluding hydrogens is 766 g/mol. The molecule has 4 aliphatic heterocycles. The minimum absolute atomic E-state index is 0.000710. The largest absolute Gasteiger partial charge is 0.487 e. The Morgan fingerprint density at radius 2 is 1.63 bits per heavy atom. The molecule has 3 saturated heterocycles. The molecule has 2 aromatic heterocycles. The van der Waals surface area contributed by atoms with Crippen molar-refractivity contribution in [2.45, 2.75) is 37.4 Å². The summed E-state index contributed by atoms with van der Waals surface area (Å²) < 4.78 is 30.3. The van der Waals surface area contributed by atoms with Gasteiger partial charge in [-0.2, -0.15) is 10.1 Å². The van der Waals surface area contributed by atoms with Crippen molar-refractivity contribution < 1.29 is 37.5 Å². The molecule has 0 saturated carbocycles. The van der Waals surface area contributed by atoms with Crippen LogP contribution in [0, 0.1) is 0 Å². The molecule has 0 atom stereocenters. The van der Waals surface area contributed by atoms with E-state index in [0.717, 1.165) is 79.1 Å². The number of pyridine rings is 1. The SMILES string of the molecule is O=C1CCN(N2C(=O)c3ccc(CN4CCN(C5CCN(c6ncc(C(=O)Nc7ccc(OC(F)(F)Cl)cc7)cc6-c6ccn[nH]6)CC5)CC4)cc3C2=O)C(=O)N1. The average Bonchev–Trinajstić information content (AvgIpc) is 3.82. The highest BCUT2D eigenvalue weighted by atomic mass is 35.5. The van der Waals surface area contributed by atoms with Gasteiger partial charge in [-0.15, -0.1) is 8.78 Å². The fourth-order valence-corrected chi connectivity index (χ4v) is 7.80. The van der Waals surface area contributed by atoms with Crippen LogP contribution in [0.3, 0.4) is 0 Å². The first-order valence-electron chi connectivity index (χ1n) is 18.4. The zero-order chi connectivity index (χ0) is 39.8. The number of rotatable bonds is 10. The second-order valence-corrected chi connectivity index (χ2v) is 14.6. The van der Waals surface area contributed by atoms with Gasteiger partial charge in [-0.3, -0.25) is 39.4 Å². The minimum atomic E-state index is -3.85. The van der Waals surface area contributed by atoms with Crippen molar-refractivity contribution >= 4 is 52.8 Å². The Morgan fingerprint density at radius 1 is 0.895 bits per heavy atom. The molecule has 57 heavy (non-hydrogen) atoms. The molecule has 8 rings (SSSR count). The van der Waals surface area contributed by atoms with Crippen molar-refractivity contribution in [2.75, 3.05) is 56.0 Å². The number of urea groups is 1. The van der Waals surface area contributed by atoms with Crippen LogP contribution in [0.1, 0.15) is 55.9 Å². The summed E-state index contributed by atoms with van der Waals surface area (Å²) in [5.41, 5.74) is -0.377. The maximum atomic E-state index is 13.3. The molecule has 4 aromatic rings. The highest BCUT2D eigenvalue weighted by Gasteiger charge is 2.43. The number of carbonyl (C=O) groups is 5. The number of anilines is 2. The summed E-state index contributed by atoms with van der Waals surface area (Å²) in [7, 11) is 0. The fraction of sp³-hybridized carbons (Fsp3) is 0.342. The second-order valence-electron chi connectivity index (χ2n) is 14.2. The van der Waals surface area contributed by atoms with E-state index >= 15 is 0 Å². The summed E-state index contributed by atoms with van der Waals surface area (Å²) in [6.45, 7) is 5.48. The smallest absolute Gasteiger partial charge is 0.420 e. The zero-order valence-corrected chi connectivity index (χ0v) is 31.2. The summed E-state index contributed by atoms with van der Waals surface area (Å²) in [4.78, 5) is 75.2. The van der Waals surface area contributed by atoms with Crippen molar-refractivity contribution in [3.63, 3.8) is 0 Å². The third-order valence-electron chi connectivity index (χ3n) is 10.6. The number of amides is 6. The molecule has 6 heterocycles. The number of carbonyl (C=O) groups excluding carboxylic acids is 5. The van der Waals surface area contributed by atoms with E-state index in [-0.39, 0.29) is 29.8 Å². The number of aromatic nitrogens is 3. The minimum Gasteiger partial charge on any atom is -0.420 e. The number of alkyl halides is 3. The summed E-state index contributed by atoms with van der Waals surface area (Å²) in [6, 6.07) is 13.8. The Balaban J connectivity index is 0.853. The van der Waals surface area contributed by atoms with Crippen molar-refractivity contribution in [3.8, 4) is 17.0 Å². The molecule has 16 nitrogen and oxygen atoms in total. The number of aromatic amines is 1. The number of hydrazine groups is 1. The number of hydrogen-bond donors (Lipinski definition) is 3. The molecule has 3 fully saturated rings. The first-order chi connectivity index (χ1) is 27.4. The predicted octanol–water partition coefficient (Wildman–Crippen LogP) is 4.13. The maximum Gasteiger partial charge on any atom is 0.487 e. The summed E-state index contributed by atoms with van der Waals surface area (Å²) in [5, 5.41) is 13.8. The van der Waals surface area contributed by atoms with E-state index in [4.69, 9.17) is 16.6 Å². The number of ether oxygens (including phenoxy) is 1. The standard InChI is InChI=1S/C38H37ClF2N10O6/c39-38(40,41)57-27-4-2-25(3-5-27)44-34(53)24-20-30(31-7-11-43-46-31)33(42-21-24)49-12-8-26(9-13-49)48-17-15-47(16-18-48)22-23-1-6-28-29(19-23)36(55)51(35(28)54)50-14-10-32(52)45-37(50)56/h1-7,11,19-21,26H,8-10,12-18,22H2,(H,43,46)(H,44,53)(H,45,52,56). The monoisotopic (exact) mass is 802 g/mol. The van der Waals surface area contributed by atoms with Gasteiger partial charge in [0.25, 0.3) is 17.7 Å². The summed E-state index contributed by atoms with van der Waals surface area (Å²) >= 11 is 4.83. The van der Waals surface area contributed by atoms with Crippen molar-refractivity contribution in [3.05, 3.63) is 89.2 Å². The van der Waals surface area contributed by atoms with Gasteiger partial charge in [-0.1, -0.05) is 6.07 Å². The van der Waals surface area contributed by atoms with E-state index < -0.39 is 35.2 Å². The van der Waals surface area contributed by atoms with E-state index in [0.29, 0.717) is 29.5 Å². The van der Waals surface area contributed by atoms with Gasteiger partial charge < -0.3 is 15.0 Å². The van der Waals surface area contributed by atoms with Crippen LogP contribution in [0.4, 0.5) is 25.1 Å². The Kier molecular flexibility index (Phi) is 10.3. The Bertz CT molecular complexity index is 2200. The first kappa shape index (κ1) is 37.9. The van der Waals surface area contributed by atoms with Crippen molar-refractivity contribution in [2.24, 2.45) is 0 Å². The molecule has 4 aliphatic rings. The number of nitrogens with one attached hydrogen (secondary N) is 3. The molecule has 6 amide bonds. The Morgan fingerprint density at radius 3 is 2.32 bits per heavy atom. The van der Waals surface area contributed by atoms with Crippen LogP contribution in [0.2, 0.25) is 0 Å². The van der Waals surface area contributed by atoms with Crippen LogP contribution in [0.5, 0.6) is 5.75 Å². The van der Waals surface area contributed by atoms with Crippen LogP contribution >= 0.6 is 11.6 Å². The number of nitrogens with zero attached hydrogens (tertiary/aromatic N) is 7. The van der Waals surface area contributed by atoms with Crippen LogP contribution in [0.15, 0.2) is 67.0 Å². The number of piperidine rings is 1. The van der Waals surface area contributed by atoms with Crippen LogP contribution in [0.25, 0.3) is 11.3 Å². The fourth-order valence-electron chi connectivity index (χ4n) is 7.71. The van der Waals surface area contributed by atoms with Crippen LogP contribution in [-0.2, 0) is 11.3 Å².